The Morgan fingerprint density at radius 1 is 1.11 bits per heavy atom. The van der Waals surface area contributed by atoms with Crippen molar-refractivity contribution < 1.29 is 9.21 Å². The minimum absolute atomic E-state index is 0.0368. The van der Waals surface area contributed by atoms with Crippen LogP contribution < -0.4 is 0 Å². The first kappa shape index (κ1) is 13.6. The largest absolute Gasteiger partial charge is 0.458 e. The average molecular weight is 256 g/mol. The minimum Gasteiger partial charge on any atom is -0.458 e. The van der Waals surface area contributed by atoms with Crippen molar-refractivity contribution in [1.82, 2.24) is 0 Å². The first-order chi connectivity index (χ1) is 8.93. The Hall–Kier alpha value is -1.83. The molecule has 2 rings (SSSR count). The molecule has 0 spiro atoms. The molecular formula is C17H20O2. The second-order valence-corrected chi connectivity index (χ2v) is 5.74. The van der Waals surface area contributed by atoms with Gasteiger partial charge in [-0.15, -0.1) is 0 Å². The number of hydrogen-bond donors (Lipinski definition) is 0. The molecule has 0 N–H and O–H groups in total. The van der Waals surface area contributed by atoms with Gasteiger partial charge in [-0.25, -0.2) is 0 Å². The molecule has 2 nitrogen and oxygen atoms in total. The normalized spacial score (nSPS) is 11.6. The zero-order valence-corrected chi connectivity index (χ0v) is 12.0. The lowest BCUT2D eigenvalue weighted by Crippen LogP contribution is -2.17. The van der Waals surface area contributed by atoms with Crippen LogP contribution in [0.1, 0.15) is 55.1 Å². The van der Waals surface area contributed by atoms with Gasteiger partial charge in [0.1, 0.15) is 5.76 Å². The lowest BCUT2D eigenvalue weighted by molar-refractivity contribution is 0.101. The van der Waals surface area contributed by atoms with Gasteiger partial charge in [-0.3, -0.25) is 4.79 Å². The van der Waals surface area contributed by atoms with Gasteiger partial charge in [0.2, 0.25) is 5.78 Å². The van der Waals surface area contributed by atoms with E-state index in [1.807, 2.05) is 37.3 Å². The Kier molecular flexibility index (Phi) is 3.61. The third kappa shape index (κ3) is 2.78. The molecule has 0 bridgehead atoms. The summed E-state index contributed by atoms with van der Waals surface area (Å²) in [4.78, 5) is 12.5. The fraction of sp³-hybridized carbons (Fsp3) is 0.353. The third-order valence-electron chi connectivity index (χ3n) is 3.21. The molecule has 1 aromatic carbocycles. The van der Waals surface area contributed by atoms with E-state index in [2.05, 4.69) is 20.8 Å². The van der Waals surface area contributed by atoms with Crippen molar-refractivity contribution in [3.05, 3.63) is 59.0 Å². The lowest BCUT2D eigenvalue weighted by Gasteiger charge is -2.21. The van der Waals surface area contributed by atoms with Crippen molar-refractivity contribution >= 4 is 5.78 Å². The fourth-order valence-corrected chi connectivity index (χ4v) is 2.16. The molecule has 0 atom stereocenters. The maximum Gasteiger partial charge on any atom is 0.228 e. The first-order valence-corrected chi connectivity index (χ1v) is 6.66. The standard InChI is InChI=1S/C17H20O2/c1-5-12-10-11-15(19-12)16(18)13-8-6-7-9-14(13)17(2,3)4/h6-11H,5H2,1-4H3. The van der Waals surface area contributed by atoms with Gasteiger partial charge in [0.05, 0.1) is 0 Å². The van der Waals surface area contributed by atoms with Gasteiger partial charge in [0, 0.05) is 12.0 Å². The van der Waals surface area contributed by atoms with E-state index in [1.54, 1.807) is 6.07 Å². The smallest absolute Gasteiger partial charge is 0.228 e. The number of hydrogen-bond acceptors (Lipinski definition) is 2. The Morgan fingerprint density at radius 3 is 2.37 bits per heavy atom. The SMILES string of the molecule is CCc1ccc(C(=O)c2ccccc2C(C)(C)C)o1. The number of benzene rings is 1. The van der Waals surface area contributed by atoms with E-state index in [0.717, 1.165) is 23.3 Å². The van der Waals surface area contributed by atoms with Gasteiger partial charge in [0.15, 0.2) is 5.76 Å². The van der Waals surface area contributed by atoms with Crippen LogP contribution in [0, 0.1) is 0 Å². The van der Waals surface area contributed by atoms with Crippen LogP contribution in [0.5, 0.6) is 0 Å². The predicted octanol–water partition coefficient (Wildman–Crippen LogP) is 4.37. The number of carbonyl (C=O) groups excluding carboxylic acids is 1. The van der Waals surface area contributed by atoms with E-state index >= 15 is 0 Å². The van der Waals surface area contributed by atoms with Crippen LogP contribution in [0.15, 0.2) is 40.8 Å². The molecule has 0 fully saturated rings. The Balaban J connectivity index is 2.44. The second-order valence-electron chi connectivity index (χ2n) is 5.74. The van der Waals surface area contributed by atoms with Crippen molar-refractivity contribution in [1.29, 1.82) is 0 Å². The second kappa shape index (κ2) is 5.04. The van der Waals surface area contributed by atoms with Gasteiger partial charge in [-0.2, -0.15) is 0 Å². The fourth-order valence-electron chi connectivity index (χ4n) is 2.16. The molecule has 0 aliphatic carbocycles. The topological polar surface area (TPSA) is 30.2 Å². The number of rotatable bonds is 3. The number of aryl methyl sites for hydroxylation is 1. The summed E-state index contributed by atoms with van der Waals surface area (Å²) in [7, 11) is 0. The summed E-state index contributed by atoms with van der Waals surface area (Å²) in [5.74, 6) is 1.23. The molecule has 2 aromatic rings. The summed E-state index contributed by atoms with van der Waals surface area (Å²) >= 11 is 0. The third-order valence-corrected chi connectivity index (χ3v) is 3.21. The summed E-state index contributed by atoms with van der Waals surface area (Å²) in [6.45, 7) is 8.34. The zero-order valence-electron chi connectivity index (χ0n) is 12.0. The van der Waals surface area contributed by atoms with E-state index in [1.165, 1.54) is 0 Å². The summed E-state index contributed by atoms with van der Waals surface area (Å²) < 4.78 is 5.57. The molecule has 2 heteroatoms. The van der Waals surface area contributed by atoms with Crippen LogP contribution in [0.4, 0.5) is 0 Å². The van der Waals surface area contributed by atoms with Crippen LogP contribution in [-0.2, 0) is 11.8 Å². The first-order valence-electron chi connectivity index (χ1n) is 6.66. The van der Waals surface area contributed by atoms with Crippen LogP contribution in [0.2, 0.25) is 0 Å². The molecule has 100 valence electrons. The van der Waals surface area contributed by atoms with E-state index < -0.39 is 0 Å². The molecule has 1 aromatic heterocycles. The number of carbonyl (C=O) groups is 1. The van der Waals surface area contributed by atoms with E-state index in [9.17, 15) is 4.79 Å². The van der Waals surface area contributed by atoms with Crippen LogP contribution in [0.25, 0.3) is 0 Å². The van der Waals surface area contributed by atoms with Crippen LogP contribution in [0.3, 0.4) is 0 Å². The number of furan rings is 1. The summed E-state index contributed by atoms with van der Waals surface area (Å²) in [5, 5.41) is 0. The Bertz CT molecular complexity index is 585. The maximum atomic E-state index is 12.5. The molecule has 0 radical (unpaired) electrons. The Labute approximate surface area is 114 Å². The lowest BCUT2D eigenvalue weighted by atomic mass is 9.82. The molecule has 1 heterocycles. The molecule has 0 saturated heterocycles. The highest BCUT2D eigenvalue weighted by Crippen LogP contribution is 2.27. The van der Waals surface area contributed by atoms with Crippen molar-refractivity contribution in [2.24, 2.45) is 0 Å². The Morgan fingerprint density at radius 2 is 1.79 bits per heavy atom. The summed E-state index contributed by atoms with van der Waals surface area (Å²) in [5.41, 5.74) is 1.72. The quantitative estimate of drug-likeness (QED) is 0.763. The minimum atomic E-state index is -0.0631. The van der Waals surface area contributed by atoms with Crippen molar-refractivity contribution in [3.63, 3.8) is 0 Å². The highest BCUT2D eigenvalue weighted by Gasteiger charge is 2.23. The molecule has 0 aliphatic heterocycles. The molecule has 0 saturated carbocycles. The van der Waals surface area contributed by atoms with Crippen LogP contribution in [-0.4, -0.2) is 5.78 Å². The monoisotopic (exact) mass is 256 g/mol. The summed E-state index contributed by atoms with van der Waals surface area (Å²) in [6, 6.07) is 11.4. The zero-order chi connectivity index (χ0) is 14.0. The van der Waals surface area contributed by atoms with Gasteiger partial charge in [0.25, 0.3) is 0 Å². The molecular weight excluding hydrogens is 236 g/mol. The van der Waals surface area contributed by atoms with Gasteiger partial charge < -0.3 is 4.42 Å². The highest BCUT2D eigenvalue weighted by atomic mass is 16.3. The van der Waals surface area contributed by atoms with E-state index in [-0.39, 0.29) is 11.2 Å². The predicted molar refractivity (Wildman–Crippen MR) is 76.7 cm³/mol. The van der Waals surface area contributed by atoms with Crippen molar-refractivity contribution in [3.8, 4) is 0 Å². The summed E-state index contributed by atoms with van der Waals surface area (Å²) in [6.07, 6.45) is 0.800. The van der Waals surface area contributed by atoms with Crippen molar-refractivity contribution in [2.45, 2.75) is 39.5 Å². The maximum absolute atomic E-state index is 12.5. The van der Waals surface area contributed by atoms with E-state index in [4.69, 9.17) is 4.42 Å². The van der Waals surface area contributed by atoms with Gasteiger partial charge >= 0.3 is 0 Å². The van der Waals surface area contributed by atoms with E-state index in [0.29, 0.717) is 5.76 Å². The van der Waals surface area contributed by atoms with Crippen molar-refractivity contribution in [2.75, 3.05) is 0 Å². The van der Waals surface area contributed by atoms with Crippen LogP contribution >= 0.6 is 0 Å². The van der Waals surface area contributed by atoms with Gasteiger partial charge in [-0.1, -0.05) is 52.0 Å². The van der Waals surface area contributed by atoms with Gasteiger partial charge in [-0.05, 0) is 23.1 Å². The average Bonchev–Trinajstić information content (AvgIpc) is 2.85. The molecule has 0 unspecified atom stereocenters. The number of ketones is 1. The molecule has 0 amide bonds. The molecule has 0 aliphatic rings. The highest BCUT2D eigenvalue weighted by molar-refractivity contribution is 6.08. The molecule has 19 heavy (non-hydrogen) atoms.